The van der Waals surface area contributed by atoms with Crippen LogP contribution in [0.5, 0.6) is 0 Å². The van der Waals surface area contributed by atoms with Gasteiger partial charge in [-0.1, -0.05) is 6.92 Å². The van der Waals surface area contributed by atoms with E-state index in [2.05, 4.69) is 6.92 Å². The fourth-order valence-electron chi connectivity index (χ4n) is 1.65. The highest BCUT2D eigenvalue weighted by Crippen LogP contribution is 2.42. The summed E-state index contributed by atoms with van der Waals surface area (Å²) in [5.74, 6) is 1.81. The fraction of sp³-hybridized carbons (Fsp3) is 1.00. The summed E-state index contributed by atoms with van der Waals surface area (Å²) < 4.78 is 10.9. The molecule has 62 valence electrons. The molecule has 2 rings (SSSR count). The van der Waals surface area contributed by atoms with Crippen molar-refractivity contribution in [3.63, 3.8) is 0 Å². The number of hydrogen-bond acceptors (Lipinski definition) is 2. The summed E-state index contributed by atoms with van der Waals surface area (Å²) in [5.41, 5.74) is 0. The second-order valence-corrected chi connectivity index (χ2v) is 3.73. The topological polar surface area (TPSA) is 18.5 Å². The highest BCUT2D eigenvalue weighted by Gasteiger charge is 2.38. The van der Waals surface area contributed by atoms with E-state index in [-0.39, 0.29) is 7.12 Å². The molecule has 1 heterocycles. The van der Waals surface area contributed by atoms with E-state index in [0.717, 1.165) is 37.8 Å². The molecule has 1 aliphatic carbocycles. The van der Waals surface area contributed by atoms with Crippen molar-refractivity contribution in [2.24, 2.45) is 11.8 Å². The van der Waals surface area contributed by atoms with Gasteiger partial charge in [0.15, 0.2) is 0 Å². The van der Waals surface area contributed by atoms with Crippen molar-refractivity contribution >= 4 is 7.12 Å². The average Bonchev–Trinajstić information content (AvgIpc) is 2.69. The third-order valence-electron chi connectivity index (χ3n) is 2.67. The Morgan fingerprint density at radius 2 is 2.00 bits per heavy atom. The van der Waals surface area contributed by atoms with Crippen molar-refractivity contribution in [2.75, 3.05) is 13.2 Å². The van der Waals surface area contributed by atoms with Gasteiger partial charge in [0.1, 0.15) is 0 Å². The lowest BCUT2D eigenvalue weighted by Crippen LogP contribution is -2.29. The molecule has 1 aliphatic heterocycles. The second kappa shape index (κ2) is 3.15. The minimum Gasteiger partial charge on any atom is -0.411 e. The van der Waals surface area contributed by atoms with Gasteiger partial charge in [-0.2, -0.15) is 0 Å². The molecule has 0 unspecified atom stereocenters. The van der Waals surface area contributed by atoms with Gasteiger partial charge in [-0.25, -0.2) is 0 Å². The summed E-state index contributed by atoms with van der Waals surface area (Å²) in [6.45, 7) is 4.09. The van der Waals surface area contributed by atoms with E-state index in [9.17, 15) is 0 Å². The minimum absolute atomic E-state index is 0.124. The molecule has 0 bridgehead atoms. The molecule has 3 heteroatoms. The molecule has 2 nitrogen and oxygen atoms in total. The first kappa shape index (κ1) is 7.62. The van der Waals surface area contributed by atoms with Crippen LogP contribution in [0.25, 0.3) is 0 Å². The average molecular weight is 154 g/mol. The van der Waals surface area contributed by atoms with Gasteiger partial charge in [0, 0.05) is 13.2 Å². The zero-order valence-electron chi connectivity index (χ0n) is 7.08. The molecule has 1 saturated heterocycles. The normalized spacial score (nSPS) is 37.4. The van der Waals surface area contributed by atoms with E-state index < -0.39 is 0 Å². The Morgan fingerprint density at radius 3 is 2.55 bits per heavy atom. The maximum atomic E-state index is 5.45. The van der Waals surface area contributed by atoms with Gasteiger partial charge in [0.05, 0.1) is 0 Å². The Morgan fingerprint density at radius 1 is 1.36 bits per heavy atom. The van der Waals surface area contributed by atoms with Crippen molar-refractivity contribution in [2.45, 2.75) is 26.1 Å². The summed E-state index contributed by atoms with van der Waals surface area (Å²) in [4.78, 5) is 0. The third-order valence-corrected chi connectivity index (χ3v) is 2.67. The van der Waals surface area contributed by atoms with Crippen LogP contribution >= 0.6 is 0 Å². The van der Waals surface area contributed by atoms with Crippen LogP contribution in [0.2, 0.25) is 6.32 Å². The molecule has 2 fully saturated rings. The summed E-state index contributed by atoms with van der Waals surface area (Å²) in [7, 11) is 0.124. The second-order valence-electron chi connectivity index (χ2n) is 3.73. The molecule has 11 heavy (non-hydrogen) atoms. The predicted molar refractivity (Wildman–Crippen MR) is 44.4 cm³/mol. The van der Waals surface area contributed by atoms with Gasteiger partial charge in [-0.3, -0.25) is 0 Å². The van der Waals surface area contributed by atoms with Crippen LogP contribution in [0, 0.1) is 11.8 Å². The first-order valence-electron chi connectivity index (χ1n) is 4.59. The van der Waals surface area contributed by atoms with Crippen LogP contribution in [0.15, 0.2) is 0 Å². The first-order chi connectivity index (χ1) is 5.36. The van der Waals surface area contributed by atoms with E-state index in [1.807, 2.05) is 0 Å². The predicted octanol–water partition coefficient (Wildman–Crippen LogP) is 1.57. The van der Waals surface area contributed by atoms with Gasteiger partial charge in [-0.05, 0) is 31.0 Å². The van der Waals surface area contributed by atoms with E-state index in [1.165, 1.54) is 6.42 Å². The Balaban J connectivity index is 1.68. The first-order valence-corrected chi connectivity index (χ1v) is 4.59. The smallest absolute Gasteiger partial charge is 0.411 e. The lowest BCUT2D eigenvalue weighted by molar-refractivity contribution is 0.132. The van der Waals surface area contributed by atoms with Crippen LogP contribution in [0.3, 0.4) is 0 Å². The van der Waals surface area contributed by atoms with Crippen LogP contribution in [-0.4, -0.2) is 20.3 Å². The van der Waals surface area contributed by atoms with Gasteiger partial charge in [0.25, 0.3) is 0 Å². The number of rotatable bonds is 2. The fourth-order valence-corrected chi connectivity index (χ4v) is 1.65. The van der Waals surface area contributed by atoms with E-state index in [4.69, 9.17) is 9.31 Å². The Bertz CT molecular complexity index is 134. The third kappa shape index (κ3) is 1.97. The van der Waals surface area contributed by atoms with Gasteiger partial charge in [-0.15, -0.1) is 0 Å². The molecule has 0 aromatic rings. The molecule has 0 amide bonds. The molecule has 0 aromatic carbocycles. The molecule has 0 radical (unpaired) electrons. The zero-order valence-corrected chi connectivity index (χ0v) is 7.08. The van der Waals surface area contributed by atoms with Crippen molar-refractivity contribution in [1.29, 1.82) is 0 Å². The van der Waals surface area contributed by atoms with Crippen LogP contribution in [-0.2, 0) is 9.31 Å². The molecule has 0 aromatic heterocycles. The highest BCUT2D eigenvalue weighted by molar-refractivity contribution is 6.44. The van der Waals surface area contributed by atoms with Crippen LogP contribution in [0.4, 0.5) is 0 Å². The lowest BCUT2D eigenvalue weighted by atomic mass is 9.80. The molecule has 0 N–H and O–H groups in total. The maximum Gasteiger partial charge on any atom is 0.457 e. The highest BCUT2D eigenvalue weighted by atomic mass is 16.6. The summed E-state index contributed by atoms with van der Waals surface area (Å²) >= 11 is 0. The molecular formula is C8H15BO2. The van der Waals surface area contributed by atoms with Crippen molar-refractivity contribution in [1.82, 2.24) is 0 Å². The largest absolute Gasteiger partial charge is 0.457 e. The van der Waals surface area contributed by atoms with E-state index >= 15 is 0 Å². The minimum atomic E-state index is 0.124. The molecular weight excluding hydrogens is 139 g/mol. The van der Waals surface area contributed by atoms with Gasteiger partial charge >= 0.3 is 7.12 Å². The molecule has 2 atom stereocenters. The maximum absolute atomic E-state index is 5.45. The quantitative estimate of drug-likeness (QED) is 0.562. The summed E-state index contributed by atoms with van der Waals surface area (Å²) in [5, 5.41) is 0. The molecule has 1 saturated carbocycles. The van der Waals surface area contributed by atoms with E-state index in [1.54, 1.807) is 0 Å². The lowest BCUT2D eigenvalue weighted by Gasteiger charge is -2.19. The monoisotopic (exact) mass is 154 g/mol. The van der Waals surface area contributed by atoms with Crippen molar-refractivity contribution in [3.05, 3.63) is 0 Å². The Kier molecular flexibility index (Phi) is 2.19. The summed E-state index contributed by atoms with van der Waals surface area (Å²) in [6, 6.07) is 0. The van der Waals surface area contributed by atoms with Gasteiger partial charge < -0.3 is 9.31 Å². The molecule has 2 aliphatic rings. The SMILES string of the molecule is C[C@H]1C[C@@H]1CB1OCCCO1. The zero-order chi connectivity index (χ0) is 7.68. The number of hydrogen-bond donors (Lipinski definition) is 0. The van der Waals surface area contributed by atoms with Crippen LogP contribution < -0.4 is 0 Å². The van der Waals surface area contributed by atoms with E-state index in [0.29, 0.717) is 0 Å². The van der Waals surface area contributed by atoms with Crippen molar-refractivity contribution < 1.29 is 9.31 Å². The standard InChI is InChI=1S/C8H15BO2/c1-7-5-8(7)6-9-10-3-2-4-11-9/h7-8H,2-6H2,1H3/t7-,8+/m0/s1. The summed E-state index contributed by atoms with van der Waals surface area (Å²) in [6.07, 6.45) is 3.57. The Hall–Kier alpha value is -0.0151. The van der Waals surface area contributed by atoms with Crippen LogP contribution in [0.1, 0.15) is 19.8 Å². The Labute approximate surface area is 68.4 Å². The van der Waals surface area contributed by atoms with Gasteiger partial charge in [0.2, 0.25) is 0 Å². The van der Waals surface area contributed by atoms with Crippen molar-refractivity contribution in [3.8, 4) is 0 Å². The molecule has 0 spiro atoms.